The maximum absolute atomic E-state index is 10.9. The molecule has 1 heterocycles. The Hall–Kier alpha value is -0.580. The molecule has 0 radical (unpaired) electrons. The summed E-state index contributed by atoms with van der Waals surface area (Å²) in [5, 5.41) is 4.62. The van der Waals surface area contributed by atoms with Crippen LogP contribution in [0.4, 0.5) is 4.79 Å². The van der Waals surface area contributed by atoms with Gasteiger partial charge in [0.15, 0.2) is 0 Å². The molecule has 0 aromatic carbocycles. The molecule has 2 N–H and O–H groups in total. The number of carbonyl (C=O) groups is 2. The van der Waals surface area contributed by atoms with Crippen LogP contribution < -0.4 is 10.6 Å². The average Bonchev–Trinajstić information content (AvgIpc) is 1.81. The zero-order chi connectivity index (χ0) is 7.78. The first-order valence-corrected chi connectivity index (χ1v) is 3.60. The molecule has 1 aliphatic rings. The monoisotopic (exact) mass is 206 g/mol. The van der Waals surface area contributed by atoms with E-state index in [-0.39, 0.29) is 5.91 Å². The summed E-state index contributed by atoms with van der Waals surface area (Å²) in [4.78, 5) is 21.4. The standard InChI is InChI=1S/C5H7BrN2O2/c1-5(6)2-7-4(10)8-3(5)9/h2H2,1H3,(H2,7,8,9,10)/t5-/m0/s1. The van der Waals surface area contributed by atoms with Crippen molar-refractivity contribution in [2.75, 3.05) is 6.54 Å². The van der Waals surface area contributed by atoms with Gasteiger partial charge in [-0.15, -0.1) is 0 Å². The molecule has 3 amide bonds. The normalized spacial score (nSPS) is 33.0. The highest BCUT2D eigenvalue weighted by atomic mass is 79.9. The van der Waals surface area contributed by atoms with Gasteiger partial charge in [-0.1, -0.05) is 15.9 Å². The molecule has 5 heteroatoms. The highest BCUT2D eigenvalue weighted by Crippen LogP contribution is 2.17. The lowest BCUT2D eigenvalue weighted by molar-refractivity contribution is -0.122. The number of rotatable bonds is 0. The molecule has 10 heavy (non-hydrogen) atoms. The van der Waals surface area contributed by atoms with Gasteiger partial charge in [-0.3, -0.25) is 10.1 Å². The Balaban J connectivity index is 2.70. The van der Waals surface area contributed by atoms with Gasteiger partial charge in [-0.05, 0) is 6.92 Å². The van der Waals surface area contributed by atoms with Gasteiger partial charge in [0.05, 0.1) is 0 Å². The first-order valence-electron chi connectivity index (χ1n) is 2.80. The molecule has 56 valence electrons. The maximum Gasteiger partial charge on any atom is 0.321 e. The van der Waals surface area contributed by atoms with E-state index < -0.39 is 10.4 Å². The minimum atomic E-state index is -0.652. The third-order valence-corrected chi connectivity index (χ3v) is 1.92. The smallest absolute Gasteiger partial charge is 0.321 e. The SMILES string of the molecule is C[C@]1(Br)CNC(=O)NC1=O. The molecule has 0 bridgehead atoms. The van der Waals surface area contributed by atoms with Crippen molar-refractivity contribution in [1.29, 1.82) is 0 Å². The van der Waals surface area contributed by atoms with Crippen molar-refractivity contribution in [3.63, 3.8) is 0 Å². The Kier molecular flexibility index (Phi) is 1.68. The van der Waals surface area contributed by atoms with Crippen molar-refractivity contribution in [1.82, 2.24) is 10.6 Å². The molecule has 0 aromatic rings. The second kappa shape index (κ2) is 2.23. The summed E-state index contributed by atoms with van der Waals surface area (Å²) in [5.74, 6) is -0.295. The number of halogens is 1. The lowest BCUT2D eigenvalue weighted by Gasteiger charge is -2.26. The van der Waals surface area contributed by atoms with Gasteiger partial charge in [0.2, 0.25) is 5.91 Å². The summed E-state index contributed by atoms with van der Waals surface area (Å²) in [6.07, 6.45) is 0. The lowest BCUT2D eigenvalue weighted by Crippen LogP contribution is -2.58. The van der Waals surface area contributed by atoms with E-state index in [1.54, 1.807) is 6.92 Å². The van der Waals surface area contributed by atoms with Crippen LogP contribution in [0.25, 0.3) is 0 Å². The largest absolute Gasteiger partial charge is 0.336 e. The summed E-state index contributed by atoms with van der Waals surface area (Å²) in [7, 11) is 0. The van der Waals surface area contributed by atoms with Crippen LogP contribution in [0.2, 0.25) is 0 Å². The molecule has 1 fully saturated rings. The molecule has 4 nitrogen and oxygen atoms in total. The van der Waals surface area contributed by atoms with Crippen molar-refractivity contribution >= 4 is 27.9 Å². The number of amides is 3. The Bertz CT molecular complexity index is 190. The maximum atomic E-state index is 10.9. The van der Waals surface area contributed by atoms with E-state index in [1.807, 2.05) is 0 Å². The third kappa shape index (κ3) is 1.29. The third-order valence-electron chi connectivity index (χ3n) is 1.28. The quantitative estimate of drug-likeness (QED) is 0.548. The summed E-state index contributed by atoms with van der Waals surface area (Å²) < 4.78 is -0.652. The number of nitrogens with one attached hydrogen (secondary N) is 2. The van der Waals surface area contributed by atoms with Gasteiger partial charge in [-0.25, -0.2) is 4.79 Å². The average molecular weight is 207 g/mol. The molecule has 1 saturated heterocycles. The minimum Gasteiger partial charge on any atom is -0.336 e. The van der Waals surface area contributed by atoms with Gasteiger partial charge in [0, 0.05) is 6.54 Å². The van der Waals surface area contributed by atoms with E-state index in [4.69, 9.17) is 0 Å². The zero-order valence-electron chi connectivity index (χ0n) is 5.40. The fraction of sp³-hybridized carbons (Fsp3) is 0.600. The van der Waals surface area contributed by atoms with Crippen LogP contribution in [-0.4, -0.2) is 22.8 Å². The number of carbonyl (C=O) groups excluding carboxylic acids is 2. The van der Waals surface area contributed by atoms with Crippen molar-refractivity contribution in [2.24, 2.45) is 0 Å². The molecule has 0 spiro atoms. The van der Waals surface area contributed by atoms with Crippen LogP contribution in [0.5, 0.6) is 0 Å². The number of hydrogen-bond donors (Lipinski definition) is 2. The molecule has 0 aromatic heterocycles. The Morgan fingerprint density at radius 2 is 2.20 bits per heavy atom. The van der Waals surface area contributed by atoms with Crippen LogP contribution in [0, 0.1) is 0 Å². The fourth-order valence-electron chi connectivity index (χ4n) is 0.604. The molecule has 1 atom stereocenters. The van der Waals surface area contributed by atoms with E-state index in [0.29, 0.717) is 6.54 Å². The van der Waals surface area contributed by atoms with Gasteiger partial charge in [-0.2, -0.15) is 0 Å². The van der Waals surface area contributed by atoms with Crippen molar-refractivity contribution in [3.05, 3.63) is 0 Å². The fourth-order valence-corrected chi connectivity index (χ4v) is 0.843. The molecular formula is C5H7BrN2O2. The predicted octanol–water partition coefficient (Wildman–Crippen LogP) is -0.0206. The molecule has 1 rings (SSSR count). The first-order chi connectivity index (χ1) is 4.52. The van der Waals surface area contributed by atoms with Gasteiger partial charge in [0.25, 0.3) is 0 Å². The molecule has 0 saturated carbocycles. The summed E-state index contributed by atoms with van der Waals surface area (Å²) >= 11 is 3.16. The molecule has 0 unspecified atom stereocenters. The summed E-state index contributed by atoms with van der Waals surface area (Å²) in [6.45, 7) is 2.03. The van der Waals surface area contributed by atoms with Gasteiger partial charge in [0.1, 0.15) is 4.32 Å². The number of imide groups is 1. The van der Waals surface area contributed by atoms with Crippen LogP contribution in [0.3, 0.4) is 0 Å². The molecule has 0 aliphatic carbocycles. The van der Waals surface area contributed by atoms with E-state index in [9.17, 15) is 9.59 Å². The van der Waals surface area contributed by atoms with E-state index in [0.717, 1.165) is 0 Å². The van der Waals surface area contributed by atoms with Crippen LogP contribution in [-0.2, 0) is 4.79 Å². The van der Waals surface area contributed by atoms with Crippen molar-refractivity contribution in [3.8, 4) is 0 Å². The van der Waals surface area contributed by atoms with Gasteiger partial charge >= 0.3 is 6.03 Å². The topological polar surface area (TPSA) is 58.2 Å². The predicted molar refractivity (Wildman–Crippen MR) is 38.9 cm³/mol. The Morgan fingerprint density at radius 1 is 1.60 bits per heavy atom. The van der Waals surface area contributed by atoms with E-state index in [2.05, 4.69) is 26.6 Å². The summed E-state index contributed by atoms with van der Waals surface area (Å²) in [5.41, 5.74) is 0. The summed E-state index contributed by atoms with van der Waals surface area (Å²) in [6, 6.07) is -0.429. The lowest BCUT2D eigenvalue weighted by atomic mass is 10.1. The number of urea groups is 1. The number of hydrogen-bond acceptors (Lipinski definition) is 2. The van der Waals surface area contributed by atoms with E-state index in [1.165, 1.54) is 0 Å². The molecule has 1 aliphatic heterocycles. The highest BCUT2D eigenvalue weighted by molar-refractivity contribution is 9.10. The van der Waals surface area contributed by atoms with Gasteiger partial charge < -0.3 is 5.32 Å². The zero-order valence-corrected chi connectivity index (χ0v) is 6.99. The molecular weight excluding hydrogens is 200 g/mol. The Labute approximate surface area is 66.5 Å². The van der Waals surface area contributed by atoms with E-state index >= 15 is 0 Å². The van der Waals surface area contributed by atoms with Crippen LogP contribution in [0.1, 0.15) is 6.92 Å². The highest BCUT2D eigenvalue weighted by Gasteiger charge is 2.35. The van der Waals surface area contributed by atoms with Crippen LogP contribution >= 0.6 is 15.9 Å². The number of alkyl halides is 1. The second-order valence-corrected chi connectivity index (χ2v) is 4.08. The van der Waals surface area contributed by atoms with Crippen molar-refractivity contribution in [2.45, 2.75) is 11.2 Å². The first kappa shape index (κ1) is 7.53. The van der Waals surface area contributed by atoms with Crippen LogP contribution in [0.15, 0.2) is 0 Å². The Morgan fingerprint density at radius 3 is 2.60 bits per heavy atom. The van der Waals surface area contributed by atoms with Crippen molar-refractivity contribution < 1.29 is 9.59 Å². The second-order valence-electron chi connectivity index (χ2n) is 2.33. The minimum absolute atomic E-state index is 0.295.